The average Bonchev–Trinajstić information content (AvgIpc) is 3.29. The minimum absolute atomic E-state index is 0.789. The molecule has 4 heterocycles. The molecule has 2 aromatic heterocycles. The maximum Gasteiger partial charge on any atom is 0.107 e. The molecule has 0 bridgehead atoms. The van der Waals surface area contributed by atoms with E-state index in [1.807, 2.05) is 11.7 Å². The maximum atomic E-state index is 4.69. The monoisotopic (exact) mass is 330 g/mol. The van der Waals surface area contributed by atoms with Crippen LogP contribution >= 0.6 is 11.3 Å². The Kier molecular flexibility index (Phi) is 4.51. The van der Waals surface area contributed by atoms with Crippen molar-refractivity contribution in [1.29, 1.82) is 0 Å². The van der Waals surface area contributed by atoms with Crippen LogP contribution < -0.4 is 5.32 Å². The lowest BCUT2D eigenvalue weighted by molar-refractivity contribution is 0.157. The molecule has 0 saturated carbocycles. The zero-order valence-corrected chi connectivity index (χ0v) is 14.7. The van der Waals surface area contributed by atoms with E-state index >= 15 is 0 Å². The van der Waals surface area contributed by atoms with E-state index in [1.54, 1.807) is 11.3 Å². The quantitative estimate of drug-likeness (QED) is 0.935. The minimum Gasteiger partial charge on any atom is -0.314 e. The van der Waals surface area contributed by atoms with Crippen LogP contribution in [0.1, 0.15) is 31.2 Å². The van der Waals surface area contributed by atoms with Gasteiger partial charge in [0.1, 0.15) is 5.69 Å². The molecule has 0 aliphatic carbocycles. The van der Waals surface area contributed by atoms with E-state index in [9.17, 15) is 0 Å². The maximum absolute atomic E-state index is 4.69. The van der Waals surface area contributed by atoms with Gasteiger partial charge in [0.05, 0.1) is 4.88 Å². The van der Waals surface area contributed by atoms with Gasteiger partial charge < -0.3 is 5.32 Å². The van der Waals surface area contributed by atoms with Crippen LogP contribution in [-0.4, -0.2) is 40.4 Å². The standard InChI is InChI=1S/C18H26N4S/c1-21-12-15(18(20-21)17-5-3-11-23-17)13-22-9-6-14(7-10-22)16-4-2-8-19-16/h3,5,11-12,14,16,19H,2,4,6-10,13H2,1H3. The number of piperidine rings is 1. The molecular formula is C18H26N4S. The van der Waals surface area contributed by atoms with Crippen LogP contribution in [0.25, 0.3) is 10.6 Å². The molecule has 1 N–H and O–H groups in total. The Balaban J connectivity index is 1.40. The highest BCUT2D eigenvalue weighted by atomic mass is 32.1. The second kappa shape index (κ2) is 6.75. The van der Waals surface area contributed by atoms with Crippen molar-refractivity contribution in [3.8, 4) is 10.6 Å². The highest BCUT2D eigenvalue weighted by Gasteiger charge is 2.28. The topological polar surface area (TPSA) is 33.1 Å². The summed E-state index contributed by atoms with van der Waals surface area (Å²) in [5.74, 6) is 0.888. The molecule has 124 valence electrons. The number of hydrogen-bond acceptors (Lipinski definition) is 4. The molecule has 0 spiro atoms. The number of aromatic nitrogens is 2. The van der Waals surface area contributed by atoms with E-state index < -0.39 is 0 Å². The van der Waals surface area contributed by atoms with Crippen LogP contribution in [0.15, 0.2) is 23.7 Å². The third kappa shape index (κ3) is 3.37. The molecule has 2 aromatic rings. The smallest absolute Gasteiger partial charge is 0.107 e. The van der Waals surface area contributed by atoms with Gasteiger partial charge in [-0.3, -0.25) is 9.58 Å². The number of likely N-dealkylation sites (tertiary alicyclic amines) is 1. The third-order valence-electron chi connectivity index (χ3n) is 5.35. The second-order valence-electron chi connectivity index (χ2n) is 6.97. The molecule has 2 fully saturated rings. The van der Waals surface area contributed by atoms with Crippen molar-refractivity contribution in [2.75, 3.05) is 19.6 Å². The lowest BCUT2D eigenvalue weighted by Gasteiger charge is -2.34. The number of aryl methyl sites for hydroxylation is 1. The molecule has 2 aliphatic heterocycles. The van der Waals surface area contributed by atoms with Crippen molar-refractivity contribution in [2.24, 2.45) is 13.0 Å². The largest absolute Gasteiger partial charge is 0.314 e. The Hall–Kier alpha value is -1.17. The van der Waals surface area contributed by atoms with Gasteiger partial charge in [0.25, 0.3) is 0 Å². The van der Waals surface area contributed by atoms with Crippen molar-refractivity contribution in [3.05, 3.63) is 29.3 Å². The molecule has 0 amide bonds. The first kappa shape index (κ1) is 15.4. The molecule has 0 aromatic carbocycles. The van der Waals surface area contributed by atoms with Crippen LogP contribution in [0, 0.1) is 5.92 Å². The van der Waals surface area contributed by atoms with Gasteiger partial charge in [-0.1, -0.05) is 6.07 Å². The highest BCUT2D eigenvalue weighted by molar-refractivity contribution is 7.13. The molecule has 2 aliphatic rings. The van der Waals surface area contributed by atoms with Gasteiger partial charge in [0, 0.05) is 31.4 Å². The van der Waals surface area contributed by atoms with Crippen molar-refractivity contribution < 1.29 is 0 Å². The van der Waals surface area contributed by atoms with Gasteiger partial charge in [-0.2, -0.15) is 5.10 Å². The van der Waals surface area contributed by atoms with Crippen molar-refractivity contribution in [2.45, 2.75) is 38.3 Å². The zero-order valence-electron chi connectivity index (χ0n) is 13.9. The van der Waals surface area contributed by atoms with Crippen molar-refractivity contribution in [3.63, 3.8) is 0 Å². The van der Waals surface area contributed by atoms with E-state index in [4.69, 9.17) is 0 Å². The lowest BCUT2D eigenvalue weighted by Crippen LogP contribution is -2.40. The Morgan fingerprint density at radius 1 is 1.30 bits per heavy atom. The van der Waals surface area contributed by atoms with Gasteiger partial charge in [0.15, 0.2) is 0 Å². The number of rotatable bonds is 4. The van der Waals surface area contributed by atoms with E-state index in [-0.39, 0.29) is 0 Å². The van der Waals surface area contributed by atoms with E-state index in [1.165, 1.54) is 61.5 Å². The van der Waals surface area contributed by atoms with Crippen LogP contribution in [0.2, 0.25) is 0 Å². The first-order valence-corrected chi connectivity index (χ1v) is 9.70. The lowest BCUT2D eigenvalue weighted by atomic mass is 9.88. The fraction of sp³-hybridized carbons (Fsp3) is 0.611. The Labute approximate surface area is 142 Å². The van der Waals surface area contributed by atoms with Crippen LogP contribution in [0.3, 0.4) is 0 Å². The zero-order chi connectivity index (χ0) is 15.6. The Morgan fingerprint density at radius 3 is 2.87 bits per heavy atom. The van der Waals surface area contributed by atoms with E-state index in [0.717, 1.165) is 18.5 Å². The molecule has 1 unspecified atom stereocenters. The summed E-state index contributed by atoms with van der Waals surface area (Å²) < 4.78 is 1.96. The number of nitrogens with one attached hydrogen (secondary N) is 1. The first-order chi connectivity index (χ1) is 11.3. The van der Waals surface area contributed by atoms with Crippen LogP contribution in [0.4, 0.5) is 0 Å². The minimum atomic E-state index is 0.789. The third-order valence-corrected chi connectivity index (χ3v) is 6.23. The Bertz CT molecular complexity index is 619. The van der Waals surface area contributed by atoms with Crippen LogP contribution in [0.5, 0.6) is 0 Å². The first-order valence-electron chi connectivity index (χ1n) is 8.82. The Morgan fingerprint density at radius 2 is 2.17 bits per heavy atom. The number of nitrogens with zero attached hydrogens (tertiary/aromatic N) is 3. The van der Waals surface area contributed by atoms with Crippen LogP contribution in [-0.2, 0) is 13.6 Å². The fourth-order valence-electron chi connectivity index (χ4n) is 4.14. The van der Waals surface area contributed by atoms with E-state index in [0.29, 0.717) is 0 Å². The van der Waals surface area contributed by atoms with Crippen molar-refractivity contribution in [1.82, 2.24) is 20.0 Å². The molecule has 4 rings (SSSR count). The summed E-state index contributed by atoms with van der Waals surface area (Å²) in [6.07, 6.45) is 7.62. The summed E-state index contributed by atoms with van der Waals surface area (Å²) in [6, 6.07) is 5.07. The molecule has 5 heteroatoms. The van der Waals surface area contributed by atoms with Gasteiger partial charge >= 0.3 is 0 Å². The van der Waals surface area contributed by atoms with Crippen molar-refractivity contribution >= 4 is 11.3 Å². The molecular weight excluding hydrogens is 304 g/mol. The average molecular weight is 331 g/mol. The summed E-state index contributed by atoms with van der Waals surface area (Å²) in [5, 5.41) is 10.5. The number of thiophene rings is 1. The molecule has 0 radical (unpaired) electrons. The molecule has 23 heavy (non-hydrogen) atoms. The second-order valence-corrected chi connectivity index (χ2v) is 7.92. The number of hydrogen-bond donors (Lipinski definition) is 1. The van der Waals surface area contributed by atoms with E-state index in [2.05, 4.69) is 39.0 Å². The van der Waals surface area contributed by atoms with Gasteiger partial charge in [0.2, 0.25) is 0 Å². The summed E-state index contributed by atoms with van der Waals surface area (Å²) >= 11 is 1.78. The summed E-state index contributed by atoms with van der Waals surface area (Å²) in [5.41, 5.74) is 2.54. The summed E-state index contributed by atoms with van der Waals surface area (Å²) in [6.45, 7) is 4.71. The molecule has 2 saturated heterocycles. The summed E-state index contributed by atoms with van der Waals surface area (Å²) in [7, 11) is 2.03. The normalized spacial score (nSPS) is 23.6. The molecule has 4 nitrogen and oxygen atoms in total. The fourth-order valence-corrected chi connectivity index (χ4v) is 4.89. The summed E-state index contributed by atoms with van der Waals surface area (Å²) in [4.78, 5) is 3.89. The van der Waals surface area contributed by atoms with Gasteiger partial charge in [-0.25, -0.2) is 0 Å². The van der Waals surface area contributed by atoms with Gasteiger partial charge in [-0.15, -0.1) is 11.3 Å². The predicted molar refractivity (Wildman–Crippen MR) is 95.5 cm³/mol. The van der Waals surface area contributed by atoms with Gasteiger partial charge in [-0.05, 0) is 62.7 Å². The highest BCUT2D eigenvalue weighted by Crippen LogP contribution is 2.30. The molecule has 1 atom stereocenters. The SMILES string of the molecule is Cn1cc(CN2CCC(C3CCCN3)CC2)c(-c2cccs2)n1. The predicted octanol–water partition coefficient (Wildman–Crippen LogP) is 3.11.